The van der Waals surface area contributed by atoms with Crippen LogP contribution in [-0.4, -0.2) is 41.3 Å². The molecule has 0 spiro atoms. The molecule has 0 aliphatic heterocycles. The summed E-state index contributed by atoms with van der Waals surface area (Å²) in [5.41, 5.74) is 5.00. The summed E-state index contributed by atoms with van der Waals surface area (Å²) in [6.45, 7) is 9.80. The molecule has 216 valence electrons. The van der Waals surface area contributed by atoms with Gasteiger partial charge in [0, 0.05) is 5.92 Å². The van der Waals surface area contributed by atoms with Crippen LogP contribution in [0.15, 0.2) is 78.9 Å². The fourth-order valence-electron chi connectivity index (χ4n) is 5.17. The standard InChI is InChI=1S/C34H40N2O4S/c1-22(2)19-30(32(37)40-34(3,4)5)35-31(41)29(20-23-13-7-6-8-14-23)36-33(38)39-21-28-26-17-11-9-15-24(26)25-16-10-12-18-27(25)28/h6-18,22,28-30H,19-21H2,1-5H3,(H,35,41)(H,36,38)/t29-,30-/m0/s1. The van der Waals surface area contributed by atoms with Gasteiger partial charge in [0.25, 0.3) is 0 Å². The van der Waals surface area contributed by atoms with Crippen LogP contribution in [0, 0.1) is 5.92 Å². The van der Waals surface area contributed by atoms with Gasteiger partial charge in [0.2, 0.25) is 0 Å². The van der Waals surface area contributed by atoms with Gasteiger partial charge in [-0.1, -0.05) is 105 Å². The first-order valence-corrected chi connectivity index (χ1v) is 14.6. The highest BCUT2D eigenvalue weighted by Crippen LogP contribution is 2.44. The summed E-state index contributed by atoms with van der Waals surface area (Å²) in [5, 5.41) is 6.17. The molecule has 6 nitrogen and oxygen atoms in total. The first-order chi connectivity index (χ1) is 19.5. The van der Waals surface area contributed by atoms with Crippen LogP contribution in [0.5, 0.6) is 0 Å². The van der Waals surface area contributed by atoms with E-state index in [1.54, 1.807) is 0 Å². The maximum atomic E-state index is 13.2. The summed E-state index contributed by atoms with van der Waals surface area (Å²) in [5.74, 6) is -0.188. The normalized spacial score (nSPS) is 14.0. The molecule has 0 saturated carbocycles. The third-order valence-electron chi connectivity index (χ3n) is 6.95. The van der Waals surface area contributed by atoms with Gasteiger partial charge in [-0.2, -0.15) is 0 Å². The van der Waals surface area contributed by atoms with Crippen LogP contribution in [0.3, 0.4) is 0 Å². The zero-order chi connectivity index (χ0) is 29.6. The number of amides is 1. The predicted molar refractivity (Wildman–Crippen MR) is 167 cm³/mol. The molecule has 1 aliphatic rings. The number of nitrogens with one attached hydrogen (secondary N) is 2. The Morgan fingerprint density at radius 3 is 1.95 bits per heavy atom. The number of fused-ring (bicyclic) bond motifs is 3. The predicted octanol–water partition coefficient (Wildman–Crippen LogP) is 6.81. The smallest absolute Gasteiger partial charge is 0.407 e. The van der Waals surface area contributed by atoms with E-state index in [0.29, 0.717) is 17.8 Å². The Balaban J connectivity index is 1.48. The van der Waals surface area contributed by atoms with E-state index in [4.69, 9.17) is 21.7 Å². The van der Waals surface area contributed by atoms with Crippen LogP contribution in [0.25, 0.3) is 11.1 Å². The van der Waals surface area contributed by atoms with E-state index in [0.717, 1.165) is 16.7 Å². The number of alkyl carbamates (subject to hydrolysis) is 1. The molecular formula is C34H40N2O4S. The quantitative estimate of drug-likeness (QED) is 0.205. The van der Waals surface area contributed by atoms with Crippen LogP contribution in [0.1, 0.15) is 63.6 Å². The summed E-state index contributed by atoms with van der Waals surface area (Å²) >= 11 is 5.79. The Hall–Kier alpha value is -3.71. The van der Waals surface area contributed by atoms with Crippen LogP contribution in [0.4, 0.5) is 4.79 Å². The van der Waals surface area contributed by atoms with Gasteiger partial charge in [-0.3, -0.25) is 0 Å². The Morgan fingerprint density at radius 1 is 0.829 bits per heavy atom. The molecule has 7 heteroatoms. The Labute approximate surface area is 248 Å². The molecule has 2 atom stereocenters. The lowest BCUT2D eigenvalue weighted by molar-refractivity contribution is -0.157. The SMILES string of the molecule is CC(C)C[C@H](NC(=S)[C@H](Cc1ccccc1)NC(=O)OCC1c2ccccc2-c2ccccc21)C(=O)OC(C)(C)C. The lowest BCUT2D eigenvalue weighted by Crippen LogP contribution is -2.53. The summed E-state index contributed by atoms with van der Waals surface area (Å²) in [6, 6.07) is 25.0. The number of benzene rings is 3. The minimum Gasteiger partial charge on any atom is -0.458 e. The van der Waals surface area contributed by atoms with Crippen molar-refractivity contribution in [2.24, 2.45) is 5.92 Å². The van der Waals surface area contributed by atoms with Crippen molar-refractivity contribution < 1.29 is 19.1 Å². The van der Waals surface area contributed by atoms with Crippen molar-refractivity contribution in [3.8, 4) is 11.1 Å². The van der Waals surface area contributed by atoms with Crippen molar-refractivity contribution in [1.29, 1.82) is 0 Å². The first kappa shape index (κ1) is 30.3. The van der Waals surface area contributed by atoms with E-state index in [1.165, 1.54) is 11.1 Å². The van der Waals surface area contributed by atoms with Gasteiger partial charge in [-0.05, 0) is 67.3 Å². The lowest BCUT2D eigenvalue weighted by Gasteiger charge is -2.28. The number of esters is 1. The van der Waals surface area contributed by atoms with Crippen molar-refractivity contribution >= 4 is 29.3 Å². The van der Waals surface area contributed by atoms with Crippen molar-refractivity contribution in [3.05, 3.63) is 95.6 Å². The number of hydrogen-bond donors (Lipinski definition) is 2. The molecule has 0 heterocycles. The van der Waals surface area contributed by atoms with Gasteiger partial charge in [-0.25, -0.2) is 9.59 Å². The second-order valence-electron chi connectivity index (χ2n) is 11.9. The Morgan fingerprint density at radius 2 is 1.39 bits per heavy atom. The minimum absolute atomic E-state index is 0.0478. The molecule has 1 amide bonds. The number of rotatable bonds is 10. The lowest BCUT2D eigenvalue weighted by atomic mass is 9.98. The molecule has 1 aliphatic carbocycles. The highest BCUT2D eigenvalue weighted by molar-refractivity contribution is 7.80. The number of carbonyl (C=O) groups is 2. The molecule has 0 fully saturated rings. The molecule has 4 rings (SSSR count). The minimum atomic E-state index is -0.635. The summed E-state index contributed by atoms with van der Waals surface area (Å²) < 4.78 is 11.5. The van der Waals surface area contributed by atoms with E-state index in [1.807, 2.05) is 89.2 Å². The van der Waals surface area contributed by atoms with Crippen LogP contribution in [0.2, 0.25) is 0 Å². The Bertz CT molecular complexity index is 1320. The molecule has 0 bridgehead atoms. The second kappa shape index (κ2) is 13.3. The van der Waals surface area contributed by atoms with Gasteiger partial charge in [0.1, 0.15) is 18.2 Å². The topological polar surface area (TPSA) is 76.7 Å². The Kier molecular flexibility index (Phi) is 9.81. The number of ether oxygens (including phenoxy) is 2. The summed E-state index contributed by atoms with van der Waals surface area (Å²) in [7, 11) is 0. The molecule has 0 aromatic heterocycles. The van der Waals surface area contributed by atoms with Gasteiger partial charge in [0.15, 0.2) is 0 Å². The van der Waals surface area contributed by atoms with E-state index in [9.17, 15) is 9.59 Å². The molecule has 0 unspecified atom stereocenters. The van der Waals surface area contributed by atoms with Crippen LogP contribution >= 0.6 is 12.2 Å². The van der Waals surface area contributed by atoms with Gasteiger partial charge in [-0.15, -0.1) is 0 Å². The molecule has 2 N–H and O–H groups in total. The van der Waals surface area contributed by atoms with Crippen LogP contribution < -0.4 is 10.6 Å². The molecule has 0 radical (unpaired) electrons. The molecular weight excluding hydrogens is 532 g/mol. The van der Waals surface area contributed by atoms with Gasteiger partial charge in [0.05, 0.1) is 11.0 Å². The highest BCUT2D eigenvalue weighted by Gasteiger charge is 2.31. The number of carbonyl (C=O) groups excluding carboxylic acids is 2. The van der Waals surface area contributed by atoms with Crippen LogP contribution in [-0.2, 0) is 20.7 Å². The van der Waals surface area contributed by atoms with Crippen molar-refractivity contribution in [3.63, 3.8) is 0 Å². The molecule has 3 aromatic carbocycles. The maximum Gasteiger partial charge on any atom is 0.407 e. The molecule has 41 heavy (non-hydrogen) atoms. The van der Waals surface area contributed by atoms with E-state index >= 15 is 0 Å². The first-order valence-electron chi connectivity index (χ1n) is 14.2. The molecule has 3 aromatic rings. The van der Waals surface area contributed by atoms with Gasteiger partial charge < -0.3 is 20.1 Å². The van der Waals surface area contributed by atoms with E-state index < -0.39 is 23.8 Å². The average Bonchev–Trinajstić information content (AvgIpc) is 3.24. The number of hydrogen-bond acceptors (Lipinski definition) is 5. The zero-order valence-electron chi connectivity index (χ0n) is 24.5. The third-order valence-corrected chi connectivity index (χ3v) is 7.35. The van der Waals surface area contributed by atoms with E-state index in [2.05, 4.69) is 34.9 Å². The second-order valence-corrected chi connectivity index (χ2v) is 12.4. The third kappa shape index (κ3) is 8.17. The monoisotopic (exact) mass is 572 g/mol. The van der Waals surface area contributed by atoms with Gasteiger partial charge >= 0.3 is 12.1 Å². The highest BCUT2D eigenvalue weighted by atomic mass is 32.1. The van der Waals surface area contributed by atoms with Crippen molar-refractivity contribution in [1.82, 2.24) is 10.6 Å². The maximum absolute atomic E-state index is 13.2. The fraction of sp³-hybridized carbons (Fsp3) is 0.382. The van der Waals surface area contributed by atoms with E-state index in [-0.39, 0.29) is 24.4 Å². The van der Waals surface area contributed by atoms with Crippen molar-refractivity contribution in [2.75, 3.05) is 6.61 Å². The largest absolute Gasteiger partial charge is 0.458 e. The summed E-state index contributed by atoms with van der Waals surface area (Å²) in [4.78, 5) is 26.6. The summed E-state index contributed by atoms with van der Waals surface area (Å²) in [6.07, 6.45) is 0.423. The zero-order valence-corrected chi connectivity index (χ0v) is 25.3. The fourth-order valence-corrected chi connectivity index (χ4v) is 5.46. The molecule has 0 saturated heterocycles. The van der Waals surface area contributed by atoms with Crippen molar-refractivity contribution in [2.45, 2.75) is 71.1 Å². The number of thiocarbonyl (C=S) groups is 1. The average molecular weight is 573 g/mol.